The summed E-state index contributed by atoms with van der Waals surface area (Å²) in [6, 6.07) is 14.0. The smallest absolute Gasteiger partial charge is 0.251 e. The third-order valence-electron chi connectivity index (χ3n) is 4.32. The van der Waals surface area contributed by atoms with Crippen LogP contribution in [0.25, 0.3) is 0 Å². The van der Waals surface area contributed by atoms with Crippen LogP contribution in [0.5, 0.6) is 0 Å². The van der Waals surface area contributed by atoms with Crippen LogP contribution in [0.1, 0.15) is 33.4 Å². The maximum Gasteiger partial charge on any atom is 0.251 e. The summed E-state index contributed by atoms with van der Waals surface area (Å²) < 4.78 is 1.84. The number of aromatic nitrogens is 2. The quantitative estimate of drug-likeness (QED) is 0.672. The van der Waals surface area contributed by atoms with Gasteiger partial charge in [-0.1, -0.05) is 41.4 Å². The summed E-state index contributed by atoms with van der Waals surface area (Å²) >= 11 is 5.98. The molecule has 1 heterocycles. The molecule has 3 aromatic rings. The van der Waals surface area contributed by atoms with Gasteiger partial charge < -0.3 is 15.2 Å². The molecule has 0 saturated carbocycles. The molecule has 7 heteroatoms. The van der Waals surface area contributed by atoms with E-state index in [0.29, 0.717) is 16.4 Å². The summed E-state index contributed by atoms with van der Waals surface area (Å²) in [6.45, 7) is 1.77. The van der Waals surface area contributed by atoms with Gasteiger partial charge in [-0.2, -0.15) is 0 Å². The Morgan fingerprint density at radius 2 is 1.93 bits per heavy atom. The van der Waals surface area contributed by atoms with Gasteiger partial charge in [0.1, 0.15) is 11.9 Å². The first-order valence-corrected chi connectivity index (χ1v) is 9.19. The van der Waals surface area contributed by atoms with Gasteiger partial charge >= 0.3 is 0 Å². The second-order valence-corrected chi connectivity index (χ2v) is 6.94. The van der Waals surface area contributed by atoms with Crippen LogP contribution in [0.3, 0.4) is 0 Å². The number of hydrogen-bond donors (Lipinski definition) is 2. The fourth-order valence-electron chi connectivity index (χ4n) is 2.87. The van der Waals surface area contributed by atoms with Crippen molar-refractivity contribution in [1.82, 2.24) is 20.2 Å². The topological polar surface area (TPSA) is 76.0 Å². The molecule has 3 rings (SSSR count). The second-order valence-electron chi connectivity index (χ2n) is 6.50. The van der Waals surface area contributed by atoms with Gasteiger partial charge in [0.15, 0.2) is 0 Å². The number of amides is 2. The summed E-state index contributed by atoms with van der Waals surface area (Å²) in [7, 11) is 1.86. The Labute approximate surface area is 168 Å². The number of aryl methyl sites for hydroxylation is 2. The van der Waals surface area contributed by atoms with E-state index in [9.17, 15) is 9.59 Å². The molecule has 2 amide bonds. The van der Waals surface area contributed by atoms with Crippen LogP contribution < -0.4 is 10.6 Å². The van der Waals surface area contributed by atoms with Crippen molar-refractivity contribution in [3.05, 3.63) is 88.5 Å². The number of imidazole rings is 1. The van der Waals surface area contributed by atoms with Crippen molar-refractivity contribution in [3.63, 3.8) is 0 Å². The van der Waals surface area contributed by atoms with Crippen molar-refractivity contribution in [2.75, 3.05) is 6.54 Å². The van der Waals surface area contributed by atoms with E-state index in [1.54, 1.807) is 30.5 Å². The van der Waals surface area contributed by atoms with E-state index in [-0.39, 0.29) is 18.4 Å². The first-order chi connectivity index (χ1) is 13.4. The minimum Gasteiger partial charge on any atom is -0.343 e. The average Bonchev–Trinajstić information content (AvgIpc) is 3.10. The molecule has 0 saturated heterocycles. The molecule has 1 atom stereocenters. The predicted molar refractivity (Wildman–Crippen MR) is 108 cm³/mol. The number of rotatable bonds is 6. The van der Waals surface area contributed by atoms with E-state index in [2.05, 4.69) is 15.6 Å². The summed E-state index contributed by atoms with van der Waals surface area (Å²) in [5.41, 5.74) is 2.35. The molecule has 0 aliphatic heterocycles. The summed E-state index contributed by atoms with van der Waals surface area (Å²) in [6.07, 6.45) is 3.48. The molecular weight excluding hydrogens is 376 g/mol. The van der Waals surface area contributed by atoms with Gasteiger partial charge in [0, 0.05) is 30.0 Å². The van der Waals surface area contributed by atoms with Crippen LogP contribution >= 0.6 is 11.6 Å². The van der Waals surface area contributed by atoms with Gasteiger partial charge in [-0.05, 0) is 36.8 Å². The molecule has 2 N–H and O–H groups in total. The normalized spacial score (nSPS) is 11.7. The minimum atomic E-state index is -0.458. The zero-order chi connectivity index (χ0) is 20.1. The van der Waals surface area contributed by atoms with E-state index in [1.807, 2.05) is 49.0 Å². The highest BCUT2D eigenvalue weighted by Gasteiger charge is 2.21. The molecule has 0 bridgehead atoms. The molecule has 0 fully saturated rings. The maximum absolute atomic E-state index is 12.5. The van der Waals surface area contributed by atoms with Crippen LogP contribution in [0.15, 0.2) is 60.9 Å². The lowest BCUT2D eigenvalue weighted by Gasteiger charge is -2.19. The molecule has 6 nitrogen and oxygen atoms in total. The Bertz CT molecular complexity index is 982. The van der Waals surface area contributed by atoms with E-state index < -0.39 is 6.04 Å². The van der Waals surface area contributed by atoms with Crippen LogP contribution in [-0.4, -0.2) is 27.9 Å². The predicted octanol–water partition coefficient (Wildman–Crippen LogP) is 3.02. The maximum atomic E-state index is 12.5. The monoisotopic (exact) mass is 396 g/mol. The summed E-state index contributed by atoms with van der Waals surface area (Å²) in [5, 5.41) is 6.20. The number of nitrogens with one attached hydrogen (secondary N) is 2. The highest BCUT2D eigenvalue weighted by molar-refractivity contribution is 6.30. The zero-order valence-corrected chi connectivity index (χ0v) is 16.4. The van der Waals surface area contributed by atoms with Crippen molar-refractivity contribution < 1.29 is 9.59 Å². The average molecular weight is 397 g/mol. The Morgan fingerprint density at radius 3 is 2.57 bits per heavy atom. The van der Waals surface area contributed by atoms with E-state index in [4.69, 9.17) is 11.6 Å². The number of carbonyl (C=O) groups excluding carboxylic acids is 2. The van der Waals surface area contributed by atoms with Crippen molar-refractivity contribution >= 4 is 23.4 Å². The lowest BCUT2D eigenvalue weighted by atomic mass is 10.1. The standard InChI is InChI=1S/C21H21ClN4O2/c1-14-4-3-5-16(12-14)21(28)24-13-18(27)25-19(20-23-10-11-26(20)2)15-6-8-17(22)9-7-15/h3-12,19H,13H2,1-2H3,(H,24,28)(H,25,27)/t19-/m1/s1. The van der Waals surface area contributed by atoms with Crippen molar-refractivity contribution in [3.8, 4) is 0 Å². The summed E-state index contributed by atoms with van der Waals surface area (Å²) in [5.74, 6) is 0.0727. The van der Waals surface area contributed by atoms with Gasteiger partial charge in [0.2, 0.25) is 5.91 Å². The largest absolute Gasteiger partial charge is 0.343 e. The Kier molecular flexibility index (Phi) is 6.11. The highest BCUT2D eigenvalue weighted by atomic mass is 35.5. The molecule has 2 aromatic carbocycles. The minimum absolute atomic E-state index is 0.138. The molecule has 144 valence electrons. The number of carbonyl (C=O) groups is 2. The Balaban J connectivity index is 1.70. The van der Waals surface area contributed by atoms with Crippen molar-refractivity contribution in [1.29, 1.82) is 0 Å². The molecule has 28 heavy (non-hydrogen) atoms. The molecule has 0 aliphatic carbocycles. The Hall–Kier alpha value is -3.12. The first-order valence-electron chi connectivity index (χ1n) is 8.81. The highest BCUT2D eigenvalue weighted by Crippen LogP contribution is 2.22. The fraction of sp³-hybridized carbons (Fsp3) is 0.190. The number of hydrogen-bond acceptors (Lipinski definition) is 3. The number of benzene rings is 2. The van der Waals surface area contributed by atoms with Crippen LogP contribution in [0, 0.1) is 6.92 Å². The summed E-state index contributed by atoms with van der Waals surface area (Å²) in [4.78, 5) is 29.1. The first kappa shape index (κ1) is 19.6. The molecule has 0 aliphatic rings. The fourth-order valence-corrected chi connectivity index (χ4v) is 2.99. The van der Waals surface area contributed by atoms with Gasteiger partial charge in [0.25, 0.3) is 5.91 Å². The lowest BCUT2D eigenvalue weighted by molar-refractivity contribution is -0.120. The van der Waals surface area contributed by atoms with Crippen LogP contribution in [0.4, 0.5) is 0 Å². The van der Waals surface area contributed by atoms with Gasteiger partial charge in [-0.25, -0.2) is 4.98 Å². The van der Waals surface area contributed by atoms with Gasteiger partial charge in [-0.15, -0.1) is 0 Å². The number of nitrogens with zero attached hydrogens (tertiary/aromatic N) is 2. The lowest BCUT2D eigenvalue weighted by Crippen LogP contribution is -2.39. The molecular formula is C21H21ClN4O2. The molecule has 0 radical (unpaired) electrons. The van der Waals surface area contributed by atoms with E-state index in [1.165, 1.54) is 0 Å². The molecule has 0 spiro atoms. The SMILES string of the molecule is Cc1cccc(C(=O)NCC(=O)N[C@H](c2ccc(Cl)cc2)c2nccn2C)c1. The van der Waals surface area contributed by atoms with Gasteiger partial charge in [0.05, 0.1) is 6.54 Å². The van der Waals surface area contributed by atoms with Crippen LogP contribution in [-0.2, 0) is 11.8 Å². The number of halogens is 1. The van der Waals surface area contributed by atoms with E-state index in [0.717, 1.165) is 11.1 Å². The third-order valence-corrected chi connectivity index (χ3v) is 4.57. The zero-order valence-electron chi connectivity index (χ0n) is 15.6. The van der Waals surface area contributed by atoms with Gasteiger partial charge in [-0.3, -0.25) is 9.59 Å². The molecule has 1 aromatic heterocycles. The molecule has 0 unspecified atom stereocenters. The van der Waals surface area contributed by atoms with Crippen LogP contribution in [0.2, 0.25) is 5.02 Å². The second kappa shape index (κ2) is 8.71. The van der Waals surface area contributed by atoms with Crippen molar-refractivity contribution in [2.24, 2.45) is 7.05 Å². The Morgan fingerprint density at radius 1 is 1.18 bits per heavy atom. The third kappa shape index (κ3) is 4.78. The van der Waals surface area contributed by atoms with E-state index >= 15 is 0 Å². The van der Waals surface area contributed by atoms with Crippen molar-refractivity contribution in [2.45, 2.75) is 13.0 Å².